The summed E-state index contributed by atoms with van der Waals surface area (Å²) in [6.45, 7) is 0.375. The van der Waals surface area contributed by atoms with Crippen LogP contribution in [-0.2, 0) is 11.6 Å². The number of aromatic amines is 1. The van der Waals surface area contributed by atoms with Crippen LogP contribution in [0.4, 0.5) is 13.2 Å². The van der Waals surface area contributed by atoms with Gasteiger partial charge < -0.3 is 9.88 Å². The van der Waals surface area contributed by atoms with Gasteiger partial charge in [-0.2, -0.15) is 13.2 Å². The van der Waals surface area contributed by atoms with Gasteiger partial charge in [-0.15, -0.1) is 0 Å². The number of imidazole rings is 1. The average Bonchev–Trinajstić information content (AvgIpc) is 3.11. The van der Waals surface area contributed by atoms with Gasteiger partial charge in [-0.3, -0.25) is 4.79 Å². The summed E-state index contributed by atoms with van der Waals surface area (Å²) in [5, 5.41) is 0. The minimum atomic E-state index is -4.63. The Balaban J connectivity index is 1.78. The molecule has 0 radical (unpaired) electrons. The number of benzene rings is 1. The summed E-state index contributed by atoms with van der Waals surface area (Å²) >= 11 is 0. The first kappa shape index (κ1) is 15.6. The number of rotatable bonds is 4. The van der Waals surface area contributed by atoms with E-state index in [0.29, 0.717) is 6.54 Å². The number of hydrogen-bond acceptors (Lipinski definition) is 2. The Morgan fingerprint density at radius 2 is 1.96 bits per heavy atom. The molecule has 23 heavy (non-hydrogen) atoms. The Bertz CT molecular complexity index is 705. The van der Waals surface area contributed by atoms with E-state index in [9.17, 15) is 18.0 Å². The molecule has 3 rings (SSSR count). The summed E-state index contributed by atoms with van der Waals surface area (Å²) in [5.74, 6) is -0.721. The van der Waals surface area contributed by atoms with E-state index in [0.717, 1.165) is 24.7 Å². The van der Waals surface area contributed by atoms with Crippen LogP contribution in [0.15, 0.2) is 36.7 Å². The molecule has 1 saturated carbocycles. The number of H-pyrrole nitrogens is 1. The number of halogens is 3. The van der Waals surface area contributed by atoms with Gasteiger partial charge >= 0.3 is 6.18 Å². The van der Waals surface area contributed by atoms with E-state index >= 15 is 0 Å². The summed E-state index contributed by atoms with van der Waals surface area (Å²) < 4.78 is 38.6. The van der Waals surface area contributed by atoms with Gasteiger partial charge in [0, 0.05) is 19.0 Å². The maximum absolute atomic E-state index is 12.9. The normalized spacial score (nSPS) is 16.2. The van der Waals surface area contributed by atoms with E-state index < -0.39 is 23.5 Å². The van der Waals surface area contributed by atoms with Crippen molar-refractivity contribution in [1.29, 1.82) is 0 Å². The van der Waals surface area contributed by atoms with Gasteiger partial charge in [-0.1, -0.05) is 30.3 Å². The molecule has 1 amide bonds. The first-order chi connectivity index (χ1) is 10.8. The van der Waals surface area contributed by atoms with Crippen molar-refractivity contribution in [3.63, 3.8) is 0 Å². The number of nitrogens with zero attached hydrogens (tertiary/aromatic N) is 2. The topological polar surface area (TPSA) is 49.0 Å². The van der Waals surface area contributed by atoms with Crippen molar-refractivity contribution < 1.29 is 18.0 Å². The molecule has 122 valence electrons. The Morgan fingerprint density at radius 3 is 2.52 bits per heavy atom. The molecule has 1 aliphatic rings. The number of amides is 1. The predicted molar refractivity (Wildman–Crippen MR) is 77.9 cm³/mol. The molecule has 1 fully saturated rings. The van der Waals surface area contributed by atoms with E-state index in [2.05, 4.69) is 4.98 Å². The summed E-state index contributed by atoms with van der Waals surface area (Å²) in [4.78, 5) is 19.2. The fraction of sp³-hybridized carbons (Fsp3) is 0.375. The number of aromatic nitrogens is 2. The molecule has 0 aliphatic heterocycles. The van der Waals surface area contributed by atoms with Crippen LogP contribution in [0.3, 0.4) is 0 Å². The standard InChI is InChI=1S/C16H16F3N3O/c1-22(9-15(7-8-15)11-5-3-2-4-6-11)14(23)12-13(16(17,18)19)21-10-20-12/h2-6,10H,7-9H2,1H3,(H,20,21). The molecular formula is C16H16F3N3O. The van der Waals surface area contributed by atoms with Crippen LogP contribution in [0.1, 0.15) is 34.6 Å². The highest BCUT2D eigenvalue weighted by Crippen LogP contribution is 2.48. The van der Waals surface area contributed by atoms with Crippen LogP contribution in [0.2, 0.25) is 0 Å². The zero-order valence-electron chi connectivity index (χ0n) is 12.5. The molecule has 1 N–H and O–H groups in total. The van der Waals surface area contributed by atoms with Crippen molar-refractivity contribution in [2.24, 2.45) is 0 Å². The van der Waals surface area contributed by atoms with Crippen molar-refractivity contribution in [3.8, 4) is 0 Å². The third kappa shape index (κ3) is 2.95. The number of hydrogen-bond donors (Lipinski definition) is 1. The summed E-state index contributed by atoms with van der Waals surface area (Å²) in [6, 6.07) is 9.73. The lowest BCUT2D eigenvalue weighted by atomic mass is 9.95. The molecular weight excluding hydrogens is 307 g/mol. The number of nitrogens with one attached hydrogen (secondary N) is 1. The zero-order valence-corrected chi connectivity index (χ0v) is 12.5. The Kier molecular flexibility index (Phi) is 3.66. The first-order valence-corrected chi connectivity index (χ1v) is 7.25. The van der Waals surface area contributed by atoms with E-state index in [4.69, 9.17) is 0 Å². The quantitative estimate of drug-likeness (QED) is 0.939. The van der Waals surface area contributed by atoms with Crippen LogP contribution >= 0.6 is 0 Å². The maximum atomic E-state index is 12.9. The third-order valence-corrected chi connectivity index (χ3v) is 4.25. The van der Waals surface area contributed by atoms with Crippen LogP contribution < -0.4 is 0 Å². The van der Waals surface area contributed by atoms with Gasteiger partial charge in [0.25, 0.3) is 5.91 Å². The monoisotopic (exact) mass is 323 g/mol. The number of carbonyl (C=O) groups excluding carboxylic acids is 1. The van der Waals surface area contributed by atoms with Crippen molar-refractivity contribution in [2.45, 2.75) is 24.4 Å². The maximum Gasteiger partial charge on any atom is 0.433 e. The summed E-state index contributed by atoms with van der Waals surface area (Å²) in [5.41, 5.74) is -0.721. The SMILES string of the molecule is CN(CC1(c2ccccc2)CC1)C(=O)c1nc[nH]c1C(F)(F)F. The van der Waals surface area contributed by atoms with Crippen molar-refractivity contribution in [2.75, 3.05) is 13.6 Å². The van der Waals surface area contributed by atoms with E-state index in [1.807, 2.05) is 35.3 Å². The van der Waals surface area contributed by atoms with Crippen molar-refractivity contribution in [1.82, 2.24) is 14.9 Å². The highest BCUT2D eigenvalue weighted by Gasteiger charge is 2.46. The number of likely N-dealkylation sites (N-methyl/N-ethyl adjacent to an activating group) is 1. The largest absolute Gasteiger partial charge is 0.433 e. The molecule has 0 bridgehead atoms. The molecule has 4 nitrogen and oxygen atoms in total. The second-order valence-electron chi connectivity index (χ2n) is 5.93. The fourth-order valence-corrected chi connectivity index (χ4v) is 2.86. The van der Waals surface area contributed by atoms with Crippen LogP contribution in [-0.4, -0.2) is 34.4 Å². The molecule has 0 spiro atoms. The second-order valence-corrected chi connectivity index (χ2v) is 5.93. The molecule has 7 heteroatoms. The lowest BCUT2D eigenvalue weighted by Gasteiger charge is -2.24. The fourth-order valence-electron chi connectivity index (χ4n) is 2.86. The molecule has 1 aliphatic carbocycles. The minimum absolute atomic E-state index is 0.152. The Morgan fingerprint density at radius 1 is 1.30 bits per heavy atom. The van der Waals surface area contributed by atoms with Crippen molar-refractivity contribution in [3.05, 3.63) is 53.6 Å². The second kappa shape index (κ2) is 5.40. The molecule has 2 aromatic rings. The van der Waals surface area contributed by atoms with Crippen LogP contribution in [0.5, 0.6) is 0 Å². The Hall–Kier alpha value is -2.31. The molecule has 1 aromatic carbocycles. The zero-order chi connectivity index (χ0) is 16.7. The van der Waals surface area contributed by atoms with E-state index in [-0.39, 0.29) is 5.41 Å². The molecule has 0 saturated heterocycles. The van der Waals surface area contributed by atoms with Gasteiger partial charge in [0.05, 0.1) is 6.33 Å². The smallest absolute Gasteiger partial charge is 0.340 e. The number of carbonyl (C=O) groups is 1. The molecule has 0 atom stereocenters. The predicted octanol–water partition coefficient (Wildman–Crippen LogP) is 3.23. The Labute approximate surface area is 131 Å². The lowest BCUT2D eigenvalue weighted by Crippen LogP contribution is -2.35. The molecule has 0 unspecified atom stereocenters. The minimum Gasteiger partial charge on any atom is -0.340 e. The van der Waals surface area contributed by atoms with Crippen LogP contribution in [0, 0.1) is 0 Å². The van der Waals surface area contributed by atoms with E-state index in [1.165, 1.54) is 11.9 Å². The summed E-state index contributed by atoms with van der Waals surface area (Å²) in [7, 11) is 1.51. The third-order valence-electron chi connectivity index (χ3n) is 4.25. The molecule has 1 heterocycles. The number of alkyl halides is 3. The average molecular weight is 323 g/mol. The molecule has 1 aromatic heterocycles. The van der Waals surface area contributed by atoms with Gasteiger partial charge in [0.1, 0.15) is 0 Å². The van der Waals surface area contributed by atoms with Gasteiger partial charge in [0.2, 0.25) is 0 Å². The first-order valence-electron chi connectivity index (χ1n) is 7.25. The highest BCUT2D eigenvalue weighted by atomic mass is 19.4. The van der Waals surface area contributed by atoms with Gasteiger partial charge in [-0.05, 0) is 18.4 Å². The summed E-state index contributed by atoms with van der Waals surface area (Å²) in [6.07, 6.45) is -1.89. The van der Waals surface area contributed by atoms with Crippen LogP contribution in [0.25, 0.3) is 0 Å². The lowest BCUT2D eigenvalue weighted by molar-refractivity contribution is -0.141. The van der Waals surface area contributed by atoms with E-state index in [1.54, 1.807) is 0 Å². The van der Waals surface area contributed by atoms with Gasteiger partial charge in [0.15, 0.2) is 11.4 Å². The van der Waals surface area contributed by atoms with Gasteiger partial charge in [-0.25, -0.2) is 4.98 Å². The highest BCUT2D eigenvalue weighted by molar-refractivity contribution is 5.93. The van der Waals surface area contributed by atoms with Crippen molar-refractivity contribution >= 4 is 5.91 Å².